The molecule has 2 aromatic carbocycles. The first-order valence-corrected chi connectivity index (χ1v) is 9.19. The number of benzene rings is 2. The lowest BCUT2D eigenvalue weighted by Gasteiger charge is -2.22. The summed E-state index contributed by atoms with van der Waals surface area (Å²) in [4.78, 5) is 8.70. The molecule has 0 fully saturated rings. The molecule has 4 aromatic rings. The molecular formula is C23H21N3O3. The van der Waals surface area contributed by atoms with Gasteiger partial charge in [-0.15, -0.1) is 0 Å². The summed E-state index contributed by atoms with van der Waals surface area (Å²) in [5.41, 5.74) is 2.95. The fourth-order valence-electron chi connectivity index (χ4n) is 3.37. The third kappa shape index (κ3) is 3.65. The molecule has 146 valence electrons. The summed E-state index contributed by atoms with van der Waals surface area (Å²) in [6, 6.07) is 16.0. The average Bonchev–Trinajstić information content (AvgIpc) is 2.73. The lowest BCUT2D eigenvalue weighted by molar-refractivity contribution is 0.373. The van der Waals surface area contributed by atoms with Crippen LogP contribution in [0.5, 0.6) is 17.2 Å². The Hall–Kier alpha value is -3.80. The lowest BCUT2D eigenvalue weighted by atomic mass is 9.95. The van der Waals surface area contributed by atoms with Gasteiger partial charge in [0.05, 0.1) is 13.2 Å². The van der Waals surface area contributed by atoms with Gasteiger partial charge >= 0.3 is 0 Å². The highest BCUT2D eigenvalue weighted by molar-refractivity contribution is 5.86. The van der Waals surface area contributed by atoms with E-state index in [0.29, 0.717) is 22.6 Å². The number of nitrogens with one attached hydrogen (secondary N) is 1. The Labute approximate surface area is 168 Å². The Morgan fingerprint density at radius 2 is 1.83 bits per heavy atom. The molecule has 4 rings (SSSR count). The number of ether oxygens (including phenoxy) is 1. The van der Waals surface area contributed by atoms with Crippen molar-refractivity contribution in [1.82, 2.24) is 9.97 Å². The number of hydrogen-bond donors (Lipinski definition) is 3. The summed E-state index contributed by atoms with van der Waals surface area (Å²) in [7, 11) is 1.50. The van der Waals surface area contributed by atoms with Crippen LogP contribution in [0.3, 0.4) is 0 Å². The molecule has 6 heteroatoms. The van der Waals surface area contributed by atoms with Crippen LogP contribution in [0, 0.1) is 6.92 Å². The summed E-state index contributed by atoms with van der Waals surface area (Å²) in [6.45, 7) is 1.98. The first kappa shape index (κ1) is 18.6. The predicted molar refractivity (Wildman–Crippen MR) is 113 cm³/mol. The van der Waals surface area contributed by atoms with Crippen molar-refractivity contribution in [3.63, 3.8) is 0 Å². The van der Waals surface area contributed by atoms with Gasteiger partial charge in [-0.25, -0.2) is 4.98 Å². The number of anilines is 1. The normalized spacial score (nSPS) is 11.9. The van der Waals surface area contributed by atoms with Gasteiger partial charge in [0.25, 0.3) is 0 Å². The van der Waals surface area contributed by atoms with Crippen molar-refractivity contribution in [1.29, 1.82) is 0 Å². The molecule has 2 heterocycles. The molecule has 1 atom stereocenters. The zero-order valence-corrected chi connectivity index (χ0v) is 16.1. The Bertz CT molecular complexity index is 1180. The molecule has 3 N–H and O–H groups in total. The van der Waals surface area contributed by atoms with Crippen LogP contribution in [0.25, 0.3) is 10.9 Å². The number of hydrogen-bond acceptors (Lipinski definition) is 6. The summed E-state index contributed by atoms with van der Waals surface area (Å²) in [6.07, 6.45) is 3.37. The summed E-state index contributed by atoms with van der Waals surface area (Å²) >= 11 is 0. The number of phenolic OH excluding ortho intramolecular Hbond substituents is 2. The largest absolute Gasteiger partial charge is 0.505 e. The van der Waals surface area contributed by atoms with E-state index in [9.17, 15) is 10.2 Å². The summed E-state index contributed by atoms with van der Waals surface area (Å²) in [5.74, 6) is 1.15. The van der Waals surface area contributed by atoms with E-state index in [0.717, 1.165) is 16.5 Å². The zero-order chi connectivity index (χ0) is 20.4. The average molecular weight is 387 g/mol. The number of phenols is 2. The molecule has 0 radical (unpaired) electrons. The van der Waals surface area contributed by atoms with Crippen LogP contribution in [0.15, 0.2) is 67.0 Å². The molecule has 0 bridgehead atoms. The number of aromatic hydroxyl groups is 2. The highest BCUT2D eigenvalue weighted by atomic mass is 16.5. The number of fused-ring (bicyclic) bond motifs is 1. The minimum atomic E-state index is -0.465. The van der Waals surface area contributed by atoms with Gasteiger partial charge in [0.15, 0.2) is 11.5 Å². The smallest absolute Gasteiger partial charge is 0.160 e. The van der Waals surface area contributed by atoms with Crippen molar-refractivity contribution in [3.8, 4) is 17.2 Å². The number of aromatic nitrogens is 2. The van der Waals surface area contributed by atoms with Gasteiger partial charge in [-0.05, 0) is 48.4 Å². The van der Waals surface area contributed by atoms with Gasteiger partial charge in [0, 0.05) is 23.3 Å². The molecule has 29 heavy (non-hydrogen) atoms. The molecule has 6 nitrogen and oxygen atoms in total. The van der Waals surface area contributed by atoms with Crippen molar-refractivity contribution in [2.24, 2.45) is 0 Å². The van der Waals surface area contributed by atoms with E-state index >= 15 is 0 Å². The molecule has 0 amide bonds. The first-order valence-electron chi connectivity index (χ1n) is 9.19. The lowest BCUT2D eigenvalue weighted by Crippen LogP contribution is -2.14. The van der Waals surface area contributed by atoms with Gasteiger partial charge in [-0.3, -0.25) is 4.98 Å². The summed E-state index contributed by atoms with van der Waals surface area (Å²) in [5, 5.41) is 25.5. The van der Waals surface area contributed by atoms with E-state index in [-0.39, 0.29) is 11.5 Å². The number of pyridine rings is 2. The van der Waals surface area contributed by atoms with Gasteiger partial charge in [0.2, 0.25) is 0 Å². The monoisotopic (exact) mass is 387 g/mol. The Morgan fingerprint density at radius 1 is 0.966 bits per heavy atom. The van der Waals surface area contributed by atoms with E-state index in [2.05, 4.69) is 15.3 Å². The van der Waals surface area contributed by atoms with Crippen molar-refractivity contribution < 1.29 is 14.9 Å². The highest BCUT2D eigenvalue weighted by Crippen LogP contribution is 2.38. The second kappa shape index (κ2) is 7.67. The van der Waals surface area contributed by atoms with Gasteiger partial charge in [-0.1, -0.05) is 24.3 Å². The third-order valence-corrected chi connectivity index (χ3v) is 4.83. The summed E-state index contributed by atoms with van der Waals surface area (Å²) < 4.78 is 5.16. The van der Waals surface area contributed by atoms with Crippen molar-refractivity contribution in [2.45, 2.75) is 13.0 Å². The highest BCUT2D eigenvalue weighted by Gasteiger charge is 2.21. The second-order valence-corrected chi connectivity index (χ2v) is 6.81. The van der Waals surface area contributed by atoms with Gasteiger partial charge in [0.1, 0.15) is 17.1 Å². The third-order valence-electron chi connectivity index (χ3n) is 4.83. The van der Waals surface area contributed by atoms with E-state index in [1.807, 2.05) is 49.4 Å². The maximum atomic E-state index is 11.0. The topological polar surface area (TPSA) is 87.5 Å². The minimum Gasteiger partial charge on any atom is -0.505 e. The number of methoxy groups -OCH3 is 1. The van der Waals surface area contributed by atoms with Crippen molar-refractivity contribution >= 4 is 16.7 Å². The van der Waals surface area contributed by atoms with Crippen LogP contribution in [-0.4, -0.2) is 27.3 Å². The van der Waals surface area contributed by atoms with E-state index in [1.165, 1.54) is 7.11 Å². The zero-order valence-electron chi connectivity index (χ0n) is 16.1. The quantitative estimate of drug-likeness (QED) is 0.465. The molecular weight excluding hydrogens is 366 g/mol. The minimum absolute atomic E-state index is 0.0207. The van der Waals surface area contributed by atoms with E-state index in [1.54, 1.807) is 24.5 Å². The Balaban J connectivity index is 1.86. The first-order chi connectivity index (χ1) is 14.1. The number of nitrogens with zero attached hydrogens (tertiary/aromatic N) is 2. The van der Waals surface area contributed by atoms with Crippen LogP contribution < -0.4 is 10.1 Å². The number of rotatable bonds is 5. The molecule has 0 aliphatic heterocycles. The molecule has 0 aliphatic carbocycles. The van der Waals surface area contributed by atoms with Crippen LogP contribution in [-0.2, 0) is 0 Å². The van der Waals surface area contributed by atoms with E-state index < -0.39 is 6.04 Å². The van der Waals surface area contributed by atoms with Crippen molar-refractivity contribution in [3.05, 3.63) is 83.7 Å². The van der Waals surface area contributed by atoms with Gasteiger partial charge in [-0.2, -0.15) is 0 Å². The van der Waals surface area contributed by atoms with Crippen LogP contribution in [0.2, 0.25) is 0 Å². The number of aryl methyl sites for hydroxylation is 1. The maximum absolute atomic E-state index is 11.0. The van der Waals surface area contributed by atoms with Crippen LogP contribution in [0.1, 0.15) is 22.7 Å². The fourth-order valence-corrected chi connectivity index (χ4v) is 3.37. The molecule has 0 aliphatic rings. The Kier molecular flexibility index (Phi) is 4.91. The maximum Gasteiger partial charge on any atom is 0.160 e. The Morgan fingerprint density at radius 3 is 2.59 bits per heavy atom. The van der Waals surface area contributed by atoms with Crippen LogP contribution in [0.4, 0.5) is 5.82 Å². The standard InChI is InChI=1S/C23H21N3O3/c1-14-9-11-24-20(12-14)26-21(16-6-8-19(29-2)18(27)13-16)17-7-5-15-4-3-10-25-22(15)23(17)28/h3-13,21,27-28H,1-2H3,(H,24,26)/t21-/m1/s1. The van der Waals surface area contributed by atoms with Crippen LogP contribution >= 0.6 is 0 Å². The molecule has 2 aromatic heterocycles. The van der Waals surface area contributed by atoms with E-state index in [4.69, 9.17) is 4.74 Å². The SMILES string of the molecule is COc1ccc([C@@H](Nc2cc(C)ccn2)c2ccc3cccnc3c2O)cc1O. The predicted octanol–water partition coefficient (Wildman–Crippen LogP) is 4.56. The fraction of sp³-hybridized carbons (Fsp3) is 0.130. The van der Waals surface area contributed by atoms with Gasteiger partial charge < -0.3 is 20.3 Å². The second-order valence-electron chi connectivity index (χ2n) is 6.81. The molecule has 0 unspecified atom stereocenters. The molecule has 0 saturated carbocycles. The van der Waals surface area contributed by atoms with Crippen molar-refractivity contribution in [2.75, 3.05) is 12.4 Å². The molecule has 0 spiro atoms. The molecule has 0 saturated heterocycles.